The molecule has 92 valence electrons. The van der Waals surface area contributed by atoms with Crippen LogP contribution < -0.4 is 5.32 Å². The van der Waals surface area contributed by atoms with Crippen LogP contribution in [0.2, 0.25) is 0 Å². The molecule has 6 heteroatoms. The lowest BCUT2D eigenvalue weighted by Gasteiger charge is -2.05. The summed E-state index contributed by atoms with van der Waals surface area (Å²) in [7, 11) is 1.53. The highest BCUT2D eigenvalue weighted by Crippen LogP contribution is 1.96. The fourth-order valence-corrected chi connectivity index (χ4v) is 1.03. The third kappa shape index (κ3) is 5.07. The van der Waals surface area contributed by atoms with Crippen LogP contribution in [0.4, 0.5) is 0 Å². The summed E-state index contributed by atoms with van der Waals surface area (Å²) in [5.41, 5.74) is 0.178. The first-order valence-electron chi connectivity index (χ1n) is 5.08. The zero-order chi connectivity index (χ0) is 12.5. The molecule has 1 aromatic rings. The van der Waals surface area contributed by atoms with E-state index in [9.17, 15) is 9.59 Å². The Bertz CT molecular complexity index is 367. The van der Waals surface area contributed by atoms with Gasteiger partial charge in [0.25, 0.3) is 5.91 Å². The average molecular weight is 238 g/mol. The summed E-state index contributed by atoms with van der Waals surface area (Å²) in [5, 5.41) is 2.53. The molecule has 0 aliphatic carbocycles. The van der Waals surface area contributed by atoms with Crippen LogP contribution in [0.3, 0.4) is 0 Å². The fourth-order valence-electron chi connectivity index (χ4n) is 1.03. The van der Waals surface area contributed by atoms with Crippen LogP contribution in [0, 0.1) is 0 Å². The van der Waals surface area contributed by atoms with E-state index in [1.807, 2.05) is 0 Å². The highest BCUT2D eigenvalue weighted by molar-refractivity contribution is 5.89. The number of aromatic nitrogens is 1. The van der Waals surface area contributed by atoms with Gasteiger partial charge in [0.15, 0.2) is 6.61 Å². The minimum absolute atomic E-state index is 0.178. The van der Waals surface area contributed by atoms with E-state index in [2.05, 4.69) is 10.3 Å². The number of methoxy groups -OCH3 is 1. The predicted octanol–water partition coefficient (Wildman–Crippen LogP) is 0.001000. The first kappa shape index (κ1) is 13.1. The lowest BCUT2D eigenvalue weighted by atomic mass is 10.3. The molecule has 0 aliphatic heterocycles. The van der Waals surface area contributed by atoms with Gasteiger partial charge < -0.3 is 14.8 Å². The summed E-state index contributed by atoms with van der Waals surface area (Å²) in [5.74, 6) is -0.987. The van der Waals surface area contributed by atoms with E-state index < -0.39 is 5.97 Å². The van der Waals surface area contributed by atoms with Crippen LogP contribution in [0.1, 0.15) is 10.5 Å². The molecule has 0 aliphatic rings. The summed E-state index contributed by atoms with van der Waals surface area (Å²) >= 11 is 0. The molecule has 0 saturated heterocycles. The van der Waals surface area contributed by atoms with Crippen LogP contribution in [0.5, 0.6) is 0 Å². The summed E-state index contributed by atoms with van der Waals surface area (Å²) < 4.78 is 9.52. The van der Waals surface area contributed by atoms with E-state index >= 15 is 0 Å². The molecule has 0 spiro atoms. The molecule has 1 aromatic heterocycles. The number of carbonyl (C=O) groups is 2. The average Bonchev–Trinajstić information content (AvgIpc) is 2.37. The van der Waals surface area contributed by atoms with Crippen molar-refractivity contribution in [2.24, 2.45) is 0 Å². The fraction of sp³-hybridized carbons (Fsp3) is 0.364. The van der Waals surface area contributed by atoms with Crippen LogP contribution in [0.25, 0.3) is 0 Å². The number of hydrogen-bond donors (Lipinski definition) is 1. The summed E-state index contributed by atoms with van der Waals surface area (Å²) in [4.78, 5) is 26.4. The first-order chi connectivity index (χ1) is 8.24. The van der Waals surface area contributed by atoms with Gasteiger partial charge in [-0.3, -0.25) is 4.79 Å². The highest BCUT2D eigenvalue weighted by atomic mass is 16.5. The number of carbonyl (C=O) groups excluding carboxylic acids is 2. The van der Waals surface area contributed by atoms with E-state index in [0.29, 0.717) is 13.2 Å². The maximum Gasteiger partial charge on any atom is 0.357 e. The molecule has 0 atom stereocenters. The summed E-state index contributed by atoms with van der Waals surface area (Å²) in [6.45, 7) is 0.482. The summed E-state index contributed by atoms with van der Waals surface area (Å²) in [6.07, 6.45) is 1.48. The second kappa shape index (κ2) is 7.34. The van der Waals surface area contributed by atoms with Gasteiger partial charge in [0.05, 0.1) is 6.61 Å². The lowest BCUT2D eigenvalue weighted by molar-refractivity contribution is -0.124. The Labute approximate surface area is 98.9 Å². The minimum Gasteiger partial charge on any atom is -0.451 e. The van der Waals surface area contributed by atoms with Gasteiger partial charge in [0, 0.05) is 19.9 Å². The SMILES string of the molecule is COCCNC(=O)COC(=O)c1ccccn1. The zero-order valence-corrected chi connectivity index (χ0v) is 9.51. The van der Waals surface area contributed by atoms with E-state index in [4.69, 9.17) is 9.47 Å². The molecule has 6 nitrogen and oxygen atoms in total. The number of ether oxygens (including phenoxy) is 2. The molecule has 0 fully saturated rings. The molecule has 1 rings (SSSR count). The molecular weight excluding hydrogens is 224 g/mol. The van der Waals surface area contributed by atoms with Crippen molar-refractivity contribution >= 4 is 11.9 Å². The van der Waals surface area contributed by atoms with Gasteiger partial charge in [-0.25, -0.2) is 9.78 Å². The molecule has 0 aromatic carbocycles. The van der Waals surface area contributed by atoms with Crippen LogP contribution in [-0.2, 0) is 14.3 Å². The molecular formula is C11H14N2O4. The maximum atomic E-state index is 11.4. The van der Waals surface area contributed by atoms with Gasteiger partial charge in [-0.2, -0.15) is 0 Å². The van der Waals surface area contributed by atoms with Gasteiger partial charge in [0.2, 0.25) is 0 Å². The number of esters is 1. The van der Waals surface area contributed by atoms with E-state index in [1.165, 1.54) is 19.4 Å². The number of nitrogens with zero attached hydrogens (tertiary/aromatic N) is 1. The molecule has 1 heterocycles. The molecule has 0 saturated carbocycles. The molecule has 0 bridgehead atoms. The normalized spacial score (nSPS) is 9.71. The summed E-state index contributed by atoms with van der Waals surface area (Å²) in [6, 6.07) is 4.88. The van der Waals surface area contributed by atoms with Crippen molar-refractivity contribution in [3.8, 4) is 0 Å². The van der Waals surface area contributed by atoms with Gasteiger partial charge in [-0.15, -0.1) is 0 Å². The number of amides is 1. The quantitative estimate of drug-likeness (QED) is 0.557. The van der Waals surface area contributed by atoms with E-state index in [0.717, 1.165) is 0 Å². The molecule has 0 radical (unpaired) electrons. The molecule has 17 heavy (non-hydrogen) atoms. The topological polar surface area (TPSA) is 77.5 Å². The third-order valence-electron chi connectivity index (χ3n) is 1.84. The Kier molecular flexibility index (Phi) is 5.67. The number of hydrogen-bond acceptors (Lipinski definition) is 5. The van der Waals surface area contributed by atoms with Crippen molar-refractivity contribution in [1.82, 2.24) is 10.3 Å². The number of pyridine rings is 1. The van der Waals surface area contributed by atoms with Crippen LogP contribution in [0.15, 0.2) is 24.4 Å². The van der Waals surface area contributed by atoms with E-state index in [1.54, 1.807) is 12.1 Å². The Hall–Kier alpha value is -1.95. The van der Waals surface area contributed by atoms with Crippen molar-refractivity contribution in [2.45, 2.75) is 0 Å². The Morgan fingerprint density at radius 1 is 1.41 bits per heavy atom. The Morgan fingerprint density at radius 3 is 2.88 bits per heavy atom. The molecule has 1 N–H and O–H groups in total. The highest BCUT2D eigenvalue weighted by Gasteiger charge is 2.10. The van der Waals surface area contributed by atoms with Crippen LogP contribution >= 0.6 is 0 Å². The maximum absolute atomic E-state index is 11.4. The van der Waals surface area contributed by atoms with Crippen molar-refractivity contribution in [3.63, 3.8) is 0 Å². The lowest BCUT2D eigenvalue weighted by Crippen LogP contribution is -2.31. The number of nitrogens with one attached hydrogen (secondary N) is 1. The van der Waals surface area contributed by atoms with Crippen LogP contribution in [-0.4, -0.2) is 43.7 Å². The van der Waals surface area contributed by atoms with Gasteiger partial charge in [-0.05, 0) is 12.1 Å². The van der Waals surface area contributed by atoms with Crippen molar-refractivity contribution in [3.05, 3.63) is 30.1 Å². The van der Waals surface area contributed by atoms with Gasteiger partial charge >= 0.3 is 5.97 Å². The first-order valence-corrected chi connectivity index (χ1v) is 5.08. The second-order valence-corrected chi connectivity index (χ2v) is 3.13. The Balaban J connectivity index is 2.26. The van der Waals surface area contributed by atoms with Crippen molar-refractivity contribution < 1.29 is 19.1 Å². The minimum atomic E-state index is -0.618. The van der Waals surface area contributed by atoms with Crippen molar-refractivity contribution in [1.29, 1.82) is 0 Å². The standard InChI is InChI=1S/C11H14N2O4/c1-16-7-6-13-10(14)8-17-11(15)9-4-2-3-5-12-9/h2-5H,6-8H2,1H3,(H,13,14). The predicted molar refractivity (Wildman–Crippen MR) is 59.4 cm³/mol. The monoisotopic (exact) mass is 238 g/mol. The van der Waals surface area contributed by atoms with E-state index in [-0.39, 0.29) is 18.2 Å². The largest absolute Gasteiger partial charge is 0.451 e. The smallest absolute Gasteiger partial charge is 0.357 e. The molecule has 0 unspecified atom stereocenters. The van der Waals surface area contributed by atoms with Gasteiger partial charge in [-0.1, -0.05) is 6.07 Å². The zero-order valence-electron chi connectivity index (χ0n) is 9.51. The third-order valence-corrected chi connectivity index (χ3v) is 1.84. The van der Waals surface area contributed by atoms with Gasteiger partial charge in [0.1, 0.15) is 5.69 Å². The number of rotatable bonds is 6. The molecule has 1 amide bonds. The van der Waals surface area contributed by atoms with Crippen molar-refractivity contribution in [2.75, 3.05) is 26.9 Å². The Morgan fingerprint density at radius 2 is 2.24 bits per heavy atom. The second-order valence-electron chi connectivity index (χ2n) is 3.13.